The Hall–Kier alpha value is -6.90. The van der Waals surface area contributed by atoms with E-state index in [9.17, 15) is 0 Å². The zero-order chi connectivity index (χ0) is 33.9. The van der Waals surface area contributed by atoms with Crippen LogP contribution < -0.4 is 0 Å². The van der Waals surface area contributed by atoms with E-state index in [1.807, 2.05) is 0 Å². The van der Waals surface area contributed by atoms with E-state index in [1.165, 1.54) is 97.9 Å². The molecule has 0 atom stereocenters. The molecule has 52 heavy (non-hydrogen) atoms. The molecular weight excluding hydrogens is 631 g/mol. The molecule has 0 fully saturated rings. The SMILES string of the molecule is c1cc(-c2c3ccccc3c(-c3ccc4oc5cccc6ccc3c4c65)c3ccccc23)cc(-n2c3ccccc3c3c4ccccc4ccc32)c1. The quantitative estimate of drug-likeness (QED) is 0.136. The Morgan fingerprint density at radius 2 is 0.981 bits per heavy atom. The summed E-state index contributed by atoms with van der Waals surface area (Å²) in [6.07, 6.45) is 0. The first-order valence-corrected chi connectivity index (χ1v) is 17.9. The molecular formula is C50H29NO. The van der Waals surface area contributed by atoms with E-state index in [0.29, 0.717) is 0 Å². The lowest BCUT2D eigenvalue weighted by atomic mass is 9.84. The van der Waals surface area contributed by atoms with Crippen LogP contribution in [0.3, 0.4) is 0 Å². The van der Waals surface area contributed by atoms with Crippen LogP contribution in [0.15, 0.2) is 180 Å². The lowest BCUT2D eigenvalue weighted by molar-refractivity contribution is 0.669. The van der Waals surface area contributed by atoms with Crippen LogP contribution in [0.4, 0.5) is 0 Å². The van der Waals surface area contributed by atoms with Gasteiger partial charge in [-0.1, -0.05) is 133 Å². The summed E-state index contributed by atoms with van der Waals surface area (Å²) >= 11 is 0. The molecule has 0 aliphatic rings. The van der Waals surface area contributed by atoms with Gasteiger partial charge >= 0.3 is 0 Å². The molecule has 0 bridgehead atoms. The summed E-state index contributed by atoms with van der Waals surface area (Å²) in [6.45, 7) is 0. The predicted octanol–water partition coefficient (Wildman–Crippen LogP) is 14.1. The molecule has 0 unspecified atom stereocenters. The summed E-state index contributed by atoms with van der Waals surface area (Å²) in [5, 5.41) is 14.9. The average molecular weight is 660 g/mol. The third-order valence-corrected chi connectivity index (χ3v) is 11.3. The number of aromatic nitrogens is 1. The van der Waals surface area contributed by atoms with E-state index in [-0.39, 0.29) is 0 Å². The van der Waals surface area contributed by atoms with Crippen LogP contribution in [-0.2, 0) is 0 Å². The van der Waals surface area contributed by atoms with E-state index in [1.54, 1.807) is 0 Å². The van der Waals surface area contributed by atoms with Gasteiger partial charge in [0.1, 0.15) is 11.2 Å². The Kier molecular flexibility index (Phi) is 5.53. The van der Waals surface area contributed by atoms with Gasteiger partial charge in [-0.2, -0.15) is 0 Å². The van der Waals surface area contributed by atoms with Crippen LogP contribution in [0.25, 0.3) is 115 Å². The Labute approximate surface area is 298 Å². The van der Waals surface area contributed by atoms with E-state index in [2.05, 4.69) is 180 Å². The molecule has 12 rings (SSSR count). The van der Waals surface area contributed by atoms with Crippen LogP contribution in [0.5, 0.6) is 0 Å². The number of rotatable bonds is 3. The topological polar surface area (TPSA) is 18.1 Å². The minimum atomic E-state index is 0.936. The van der Waals surface area contributed by atoms with Crippen molar-refractivity contribution in [2.45, 2.75) is 0 Å². The Balaban J connectivity index is 1.15. The molecule has 0 saturated carbocycles. The van der Waals surface area contributed by atoms with Crippen LogP contribution in [0, 0.1) is 0 Å². The van der Waals surface area contributed by atoms with E-state index in [0.717, 1.165) is 16.9 Å². The Bertz CT molecular complexity index is 3360. The molecule has 0 aliphatic carbocycles. The van der Waals surface area contributed by atoms with Gasteiger partial charge in [0.05, 0.1) is 11.0 Å². The molecule has 10 aromatic carbocycles. The van der Waals surface area contributed by atoms with Crippen LogP contribution in [0.2, 0.25) is 0 Å². The maximum atomic E-state index is 6.37. The standard InChI is InChI=1S/C50H29NO/c1-2-15-34-30(11-1)24-27-43-49(34)41-20-7-8-21-42(41)51(43)33-14-9-13-32(29-33)46-35-16-3-5-18-37(35)48(38-19-6-4-17-36(38)46)39-26-28-45-50-40(39)25-23-31-12-10-22-44(52-45)47(31)50/h1-29H. The van der Waals surface area contributed by atoms with Crippen molar-refractivity contribution in [2.24, 2.45) is 0 Å². The second kappa shape index (κ2) is 10.3. The summed E-state index contributed by atoms with van der Waals surface area (Å²) in [5.74, 6) is 0. The maximum Gasteiger partial charge on any atom is 0.136 e. The fourth-order valence-corrected chi connectivity index (χ4v) is 9.21. The largest absolute Gasteiger partial charge is 0.456 e. The van der Waals surface area contributed by atoms with Crippen molar-refractivity contribution in [3.63, 3.8) is 0 Å². The summed E-state index contributed by atoms with van der Waals surface area (Å²) in [5.41, 5.74) is 10.4. The fourth-order valence-electron chi connectivity index (χ4n) is 9.21. The molecule has 0 amide bonds. The molecule has 0 N–H and O–H groups in total. The minimum absolute atomic E-state index is 0.936. The van der Waals surface area contributed by atoms with Crippen LogP contribution in [-0.4, -0.2) is 4.57 Å². The lowest BCUT2D eigenvalue weighted by Gasteiger charge is -2.19. The fraction of sp³-hybridized carbons (Fsp3) is 0. The second-order valence-corrected chi connectivity index (χ2v) is 14.0. The number of hydrogen-bond acceptors (Lipinski definition) is 1. The van der Waals surface area contributed by atoms with Crippen molar-refractivity contribution >= 4 is 86.8 Å². The minimum Gasteiger partial charge on any atom is -0.456 e. The van der Waals surface area contributed by atoms with Gasteiger partial charge < -0.3 is 8.98 Å². The molecule has 2 heterocycles. The first-order chi connectivity index (χ1) is 25.8. The van der Waals surface area contributed by atoms with Gasteiger partial charge in [0.2, 0.25) is 0 Å². The predicted molar refractivity (Wildman–Crippen MR) is 220 cm³/mol. The average Bonchev–Trinajstić information content (AvgIpc) is 3.76. The second-order valence-electron chi connectivity index (χ2n) is 14.0. The van der Waals surface area contributed by atoms with E-state index < -0.39 is 0 Å². The molecule has 12 aromatic rings. The van der Waals surface area contributed by atoms with Gasteiger partial charge in [-0.25, -0.2) is 0 Å². The lowest BCUT2D eigenvalue weighted by Crippen LogP contribution is -1.95. The number of nitrogens with zero attached hydrogens (tertiary/aromatic N) is 1. The molecule has 0 saturated heterocycles. The van der Waals surface area contributed by atoms with Gasteiger partial charge in [0, 0.05) is 27.2 Å². The van der Waals surface area contributed by atoms with E-state index in [4.69, 9.17) is 4.42 Å². The molecule has 240 valence electrons. The smallest absolute Gasteiger partial charge is 0.136 e. The Morgan fingerprint density at radius 3 is 1.79 bits per heavy atom. The van der Waals surface area contributed by atoms with Crippen molar-refractivity contribution in [1.29, 1.82) is 0 Å². The van der Waals surface area contributed by atoms with E-state index >= 15 is 0 Å². The highest BCUT2D eigenvalue weighted by Crippen LogP contribution is 2.48. The van der Waals surface area contributed by atoms with Gasteiger partial charge in [0.15, 0.2) is 0 Å². The van der Waals surface area contributed by atoms with Crippen molar-refractivity contribution in [2.75, 3.05) is 0 Å². The summed E-state index contributed by atoms with van der Waals surface area (Å²) in [4.78, 5) is 0. The van der Waals surface area contributed by atoms with Crippen molar-refractivity contribution in [3.05, 3.63) is 176 Å². The molecule has 0 radical (unpaired) electrons. The van der Waals surface area contributed by atoms with Crippen molar-refractivity contribution in [1.82, 2.24) is 4.57 Å². The summed E-state index contributed by atoms with van der Waals surface area (Å²) in [6, 6.07) is 64.4. The number of furan rings is 1. The number of hydrogen-bond donors (Lipinski definition) is 0. The van der Waals surface area contributed by atoms with Gasteiger partial charge in [-0.15, -0.1) is 0 Å². The number of fused-ring (bicyclic) bond motifs is 7. The number of benzene rings is 10. The van der Waals surface area contributed by atoms with Crippen molar-refractivity contribution in [3.8, 4) is 27.9 Å². The van der Waals surface area contributed by atoms with Crippen LogP contribution in [0.1, 0.15) is 0 Å². The Morgan fingerprint density at radius 1 is 0.346 bits per heavy atom. The first-order valence-electron chi connectivity index (χ1n) is 17.9. The monoisotopic (exact) mass is 659 g/mol. The molecule has 2 nitrogen and oxygen atoms in total. The van der Waals surface area contributed by atoms with Crippen molar-refractivity contribution < 1.29 is 4.42 Å². The highest BCUT2D eigenvalue weighted by atomic mass is 16.3. The highest BCUT2D eigenvalue weighted by molar-refractivity contribution is 6.29. The summed E-state index contributed by atoms with van der Waals surface area (Å²) < 4.78 is 8.81. The normalized spacial score (nSPS) is 12.2. The molecule has 0 aliphatic heterocycles. The summed E-state index contributed by atoms with van der Waals surface area (Å²) in [7, 11) is 0. The molecule has 2 heteroatoms. The molecule has 0 spiro atoms. The molecule has 2 aromatic heterocycles. The van der Waals surface area contributed by atoms with Gasteiger partial charge in [-0.3, -0.25) is 0 Å². The third-order valence-electron chi connectivity index (χ3n) is 11.3. The first kappa shape index (κ1) is 27.9. The zero-order valence-corrected chi connectivity index (χ0v) is 28.1. The number of para-hydroxylation sites is 1. The highest BCUT2D eigenvalue weighted by Gasteiger charge is 2.22. The van der Waals surface area contributed by atoms with Crippen LogP contribution >= 0.6 is 0 Å². The third kappa shape index (κ3) is 3.68. The van der Waals surface area contributed by atoms with Gasteiger partial charge in [0.25, 0.3) is 0 Å². The zero-order valence-electron chi connectivity index (χ0n) is 28.1. The maximum absolute atomic E-state index is 6.37. The van der Waals surface area contributed by atoms with Gasteiger partial charge in [-0.05, 0) is 108 Å².